The molecule has 0 saturated carbocycles. The average Bonchev–Trinajstić information content (AvgIpc) is 2.48. The zero-order valence-electron chi connectivity index (χ0n) is 12.5. The van der Waals surface area contributed by atoms with Crippen molar-refractivity contribution in [1.29, 1.82) is 0 Å². The van der Waals surface area contributed by atoms with E-state index in [0.29, 0.717) is 0 Å². The summed E-state index contributed by atoms with van der Waals surface area (Å²) >= 11 is 7.30. The van der Waals surface area contributed by atoms with E-state index in [1.807, 2.05) is 12.1 Å². The summed E-state index contributed by atoms with van der Waals surface area (Å²) in [5, 5.41) is 0. The Kier molecular flexibility index (Phi) is 5.33. The van der Waals surface area contributed by atoms with Crippen LogP contribution in [-0.4, -0.2) is 14.2 Å². The van der Waals surface area contributed by atoms with Gasteiger partial charge in [-0.05, 0) is 53.0 Å². The SMILES string of the molecule is COc1cc(C(Br)c2cc(C)ccc2C)c(OC)cc1Br. The second-order valence-electron chi connectivity index (χ2n) is 4.95. The van der Waals surface area contributed by atoms with Crippen LogP contribution in [0.5, 0.6) is 11.5 Å². The molecule has 0 aliphatic carbocycles. The maximum atomic E-state index is 5.52. The van der Waals surface area contributed by atoms with Crippen LogP contribution in [0.15, 0.2) is 34.8 Å². The van der Waals surface area contributed by atoms with Gasteiger partial charge in [0.05, 0.1) is 23.5 Å². The first-order valence-electron chi connectivity index (χ1n) is 6.60. The first-order valence-corrected chi connectivity index (χ1v) is 8.31. The molecule has 0 heterocycles. The molecule has 0 radical (unpaired) electrons. The third-order valence-corrected chi connectivity index (χ3v) is 5.09. The van der Waals surface area contributed by atoms with Crippen LogP contribution in [0.25, 0.3) is 0 Å². The molecule has 0 aromatic heterocycles. The summed E-state index contributed by atoms with van der Waals surface area (Å²) < 4.78 is 11.8. The van der Waals surface area contributed by atoms with Gasteiger partial charge in [0.25, 0.3) is 0 Å². The Labute approximate surface area is 142 Å². The fourth-order valence-electron chi connectivity index (χ4n) is 2.28. The number of aryl methyl sites for hydroxylation is 2. The molecule has 1 atom stereocenters. The molecule has 0 aliphatic heterocycles. The van der Waals surface area contributed by atoms with Crippen LogP contribution in [0.1, 0.15) is 27.1 Å². The van der Waals surface area contributed by atoms with E-state index >= 15 is 0 Å². The molecule has 112 valence electrons. The third-order valence-electron chi connectivity index (χ3n) is 3.48. The van der Waals surface area contributed by atoms with Crippen molar-refractivity contribution in [1.82, 2.24) is 0 Å². The quantitative estimate of drug-likeness (QED) is 0.610. The number of benzene rings is 2. The lowest BCUT2D eigenvalue weighted by atomic mass is 9.98. The second-order valence-corrected chi connectivity index (χ2v) is 6.72. The standard InChI is InChI=1S/C17H18Br2O2/c1-10-5-6-11(2)12(7-10)17(19)13-8-16(21-4)14(18)9-15(13)20-3/h5-9,17H,1-4H3. The largest absolute Gasteiger partial charge is 0.496 e. The van der Waals surface area contributed by atoms with Gasteiger partial charge in [0, 0.05) is 5.56 Å². The normalized spacial score (nSPS) is 12.1. The van der Waals surface area contributed by atoms with Gasteiger partial charge < -0.3 is 9.47 Å². The van der Waals surface area contributed by atoms with Crippen LogP contribution >= 0.6 is 31.9 Å². The minimum absolute atomic E-state index is 0.0503. The molecule has 0 saturated heterocycles. The van der Waals surface area contributed by atoms with Crippen LogP contribution in [0, 0.1) is 13.8 Å². The Morgan fingerprint density at radius 1 is 0.905 bits per heavy atom. The maximum absolute atomic E-state index is 5.52. The number of halogens is 2. The zero-order valence-corrected chi connectivity index (χ0v) is 15.7. The average molecular weight is 414 g/mol. The van der Waals surface area contributed by atoms with E-state index in [4.69, 9.17) is 9.47 Å². The van der Waals surface area contributed by atoms with Crippen LogP contribution in [-0.2, 0) is 0 Å². The lowest BCUT2D eigenvalue weighted by molar-refractivity contribution is 0.397. The highest BCUT2D eigenvalue weighted by molar-refractivity contribution is 9.10. The summed E-state index contributed by atoms with van der Waals surface area (Å²) in [6, 6.07) is 10.4. The molecule has 2 nitrogen and oxygen atoms in total. The molecular weight excluding hydrogens is 396 g/mol. The first-order chi connectivity index (χ1) is 9.97. The fourth-order valence-corrected chi connectivity index (χ4v) is 3.62. The van der Waals surface area contributed by atoms with Gasteiger partial charge in [0.15, 0.2) is 0 Å². The summed E-state index contributed by atoms with van der Waals surface area (Å²) in [5.41, 5.74) is 4.76. The van der Waals surface area contributed by atoms with Gasteiger partial charge in [0.2, 0.25) is 0 Å². The molecule has 2 rings (SSSR count). The predicted octanol–water partition coefficient (Wildman–Crippen LogP) is 5.57. The molecule has 0 spiro atoms. The van der Waals surface area contributed by atoms with Gasteiger partial charge >= 0.3 is 0 Å². The lowest BCUT2D eigenvalue weighted by Gasteiger charge is -2.19. The minimum atomic E-state index is 0.0503. The molecule has 2 aromatic carbocycles. The number of ether oxygens (including phenoxy) is 2. The van der Waals surface area contributed by atoms with Gasteiger partial charge in [-0.25, -0.2) is 0 Å². The van der Waals surface area contributed by atoms with E-state index in [9.17, 15) is 0 Å². The van der Waals surface area contributed by atoms with Crippen LogP contribution in [0.3, 0.4) is 0 Å². The Balaban J connectivity index is 2.56. The van der Waals surface area contributed by atoms with E-state index in [1.54, 1.807) is 14.2 Å². The summed E-state index contributed by atoms with van der Waals surface area (Å²) in [6.45, 7) is 4.22. The van der Waals surface area contributed by atoms with Gasteiger partial charge in [-0.3, -0.25) is 0 Å². The highest BCUT2D eigenvalue weighted by atomic mass is 79.9. The van der Waals surface area contributed by atoms with E-state index in [-0.39, 0.29) is 4.83 Å². The Morgan fingerprint density at radius 3 is 2.19 bits per heavy atom. The number of rotatable bonds is 4. The first kappa shape index (κ1) is 16.4. The summed E-state index contributed by atoms with van der Waals surface area (Å²) in [5.74, 6) is 1.62. The van der Waals surface area contributed by atoms with Gasteiger partial charge in [0.1, 0.15) is 11.5 Å². The van der Waals surface area contributed by atoms with Gasteiger partial charge in [-0.1, -0.05) is 39.7 Å². The van der Waals surface area contributed by atoms with Crippen molar-refractivity contribution in [2.24, 2.45) is 0 Å². The second kappa shape index (κ2) is 6.84. The molecule has 0 fully saturated rings. The van der Waals surface area contributed by atoms with E-state index in [1.165, 1.54) is 16.7 Å². The molecule has 21 heavy (non-hydrogen) atoms. The van der Waals surface area contributed by atoms with Crippen molar-refractivity contribution in [3.8, 4) is 11.5 Å². The number of hydrogen-bond donors (Lipinski definition) is 0. The molecule has 0 amide bonds. The highest BCUT2D eigenvalue weighted by Crippen LogP contribution is 2.42. The Morgan fingerprint density at radius 2 is 1.57 bits per heavy atom. The highest BCUT2D eigenvalue weighted by Gasteiger charge is 2.19. The smallest absolute Gasteiger partial charge is 0.133 e. The van der Waals surface area contributed by atoms with Crippen molar-refractivity contribution < 1.29 is 9.47 Å². The molecular formula is C17H18Br2O2. The van der Waals surface area contributed by atoms with Crippen molar-refractivity contribution in [2.45, 2.75) is 18.7 Å². The van der Waals surface area contributed by atoms with Crippen molar-refractivity contribution >= 4 is 31.9 Å². The zero-order chi connectivity index (χ0) is 15.6. The minimum Gasteiger partial charge on any atom is -0.496 e. The molecule has 1 unspecified atom stereocenters. The lowest BCUT2D eigenvalue weighted by Crippen LogP contribution is -2.01. The van der Waals surface area contributed by atoms with E-state index in [2.05, 4.69) is 63.9 Å². The molecule has 0 bridgehead atoms. The summed E-state index contributed by atoms with van der Waals surface area (Å²) in [4.78, 5) is 0.0503. The predicted molar refractivity (Wildman–Crippen MR) is 93.9 cm³/mol. The van der Waals surface area contributed by atoms with E-state index in [0.717, 1.165) is 21.5 Å². The number of hydrogen-bond acceptors (Lipinski definition) is 2. The van der Waals surface area contributed by atoms with Gasteiger partial charge in [-0.15, -0.1) is 0 Å². The molecule has 2 aromatic rings. The summed E-state index contributed by atoms with van der Waals surface area (Å²) in [7, 11) is 3.35. The molecule has 4 heteroatoms. The number of methoxy groups -OCH3 is 2. The molecule has 0 aliphatic rings. The number of alkyl halides is 1. The monoisotopic (exact) mass is 412 g/mol. The maximum Gasteiger partial charge on any atom is 0.133 e. The van der Waals surface area contributed by atoms with Crippen molar-refractivity contribution in [3.63, 3.8) is 0 Å². The Hall–Kier alpha value is -1.00. The topological polar surface area (TPSA) is 18.5 Å². The van der Waals surface area contributed by atoms with Crippen LogP contribution < -0.4 is 9.47 Å². The van der Waals surface area contributed by atoms with Crippen molar-refractivity contribution in [3.05, 3.63) is 57.1 Å². The van der Waals surface area contributed by atoms with Gasteiger partial charge in [-0.2, -0.15) is 0 Å². The summed E-state index contributed by atoms with van der Waals surface area (Å²) in [6.07, 6.45) is 0. The van der Waals surface area contributed by atoms with E-state index < -0.39 is 0 Å². The van der Waals surface area contributed by atoms with Crippen molar-refractivity contribution in [2.75, 3.05) is 14.2 Å². The van der Waals surface area contributed by atoms with Crippen LogP contribution in [0.2, 0.25) is 0 Å². The third kappa shape index (κ3) is 3.43. The fraction of sp³-hybridized carbons (Fsp3) is 0.294. The van der Waals surface area contributed by atoms with Crippen LogP contribution in [0.4, 0.5) is 0 Å². The molecule has 0 N–H and O–H groups in total. The Bertz CT molecular complexity index is 653.